The zero-order chi connectivity index (χ0) is 15.2. The SMILES string of the molecule is CN(CC(=O)Nc1ccc(Cl)cc1N)Cc1ccccc1. The first-order valence-corrected chi connectivity index (χ1v) is 7.00. The van der Waals surface area contributed by atoms with E-state index in [1.54, 1.807) is 18.2 Å². The molecule has 2 aromatic carbocycles. The Morgan fingerprint density at radius 2 is 1.95 bits per heavy atom. The van der Waals surface area contributed by atoms with Crippen LogP contribution >= 0.6 is 11.6 Å². The molecule has 0 bridgehead atoms. The Morgan fingerprint density at radius 1 is 1.24 bits per heavy atom. The molecule has 3 N–H and O–H groups in total. The van der Waals surface area contributed by atoms with Gasteiger partial charge < -0.3 is 11.1 Å². The molecule has 0 aliphatic heterocycles. The van der Waals surface area contributed by atoms with Gasteiger partial charge in [-0.05, 0) is 30.8 Å². The second-order valence-corrected chi connectivity index (χ2v) is 5.37. The van der Waals surface area contributed by atoms with Crippen LogP contribution in [0.3, 0.4) is 0 Å². The zero-order valence-corrected chi connectivity index (χ0v) is 12.6. The Bertz CT molecular complexity index is 616. The number of anilines is 2. The third-order valence-electron chi connectivity index (χ3n) is 3.00. The second kappa shape index (κ2) is 7.11. The largest absolute Gasteiger partial charge is 0.397 e. The Kier molecular flexibility index (Phi) is 5.20. The number of hydrogen-bond acceptors (Lipinski definition) is 3. The van der Waals surface area contributed by atoms with Gasteiger partial charge in [-0.15, -0.1) is 0 Å². The van der Waals surface area contributed by atoms with Crippen molar-refractivity contribution in [2.24, 2.45) is 0 Å². The number of likely N-dealkylation sites (N-methyl/N-ethyl adjacent to an activating group) is 1. The van der Waals surface area contributed by atoms with Gasteiger partial charge >= 0.3 is 0 Å². The highest BCUT2D eigenvalue weighted by atomic mass is 35.5. The van der Waals surface area contributed by atoms with Crippen molar-refractivity contribution in [3.8, 4) is 0 Å². The maximum atomic E-state index is 12.0. The van der Waals surface area contributed by atoms with Crippen molar-refractivity contribution in [2.45, 2.75) is 6.54 Å². The predicted octanol–water partition coefficient (Wildman–Crippen LogP) is 2.99. The van der Waals surface area contributed by atoms with E-state index in [9.17, 15) is 4.79 Å². The van der Waals surface area contributed by atoms with Gasteiger partial charge in [0.1, 0.15) is 0 Å². The Morgan fingerprint density at radius 3 is 2.62 bits per heavy atom. The molecule has 0 atom stereocenters. The molecule has 0 fully saturated rings. The average molecular weight is 304 g/mol. The minimum absolute atomic E-state index is 0.109. The van der Waals surface area contributed by atoms with Crippen LogP contribution in [0.1, 0.15) is 5.56 Å². The molecule has 1 amide bonds. The predicted molar refractivity (Wildman–Crippen MR) is 87.3 cm³/mol. The summed E-state index contributed by atoms with van der Waals surface area (Å²) < 4.78 is 0. The second-order valence-electron chi connectivity index (χ2n) is 4.94. The first-order chi connectivity index (χ1) is 10.0. The Labute approximate surface area is 129 Å². The maximum Gasteiger partial charge on any atom is 0.238 e. The molecule has 2 aromatic rings. The quantitative estimate of drug-likeness (QED) is 0.835. The van der Waals surface area contributed by atoms with Crippen LogP contribution < -0.4 is 11.1 Å². The van der Waals surface area contributed by atoms with Crippen LogP contribution in [0.4, 0.5) is 11.4 Å². The smallest absolute Gasteiger partial charge is 0.238 e. The first-order valence-electron chi connectivity index (χ1n) is 6.62. The van der Waals surface area contributed by atoms with Crippen LogP contribution in [0.5, 0.6) is 0 Å². The number of nitrogens with one attached hydrogen (secondary N) is 1. The van der Waals surface area contributed by atoms with Gasteiger partial charge in [-0.1, -0.05) is 41.9 Å². The highest BCUT2D eigenvalue weighted by molar-refractivity contribution is 6.31. The Balaban J connectivity index is 1.89. The van der Waals surface area contributed by atoms with Crippen LogP contribution in [-0.4, -0.2) is 24.4 Å². The fourth-order valence-corrected chi connectivity index (χ4v) is 2.21. The molecule has 110 valence electrons. The summed E-state index contributed by atoms with van der Waals surface area (Å²) in [6, 6.07) is 15.0. The number of benzene rings is 2. The number of nitrogen functional groups attached to an aromatic ring is 1. The first kappa shape index (κ1) is 15.4. The van der Waals surface area contributed by atoms with E-state index in [1.807, 2.05) is 42.3 Å². The number of amides is 1. The van der Waals surface area contributed by atoms with E-state index in [1.165, 1.54) is 5.56 Å². The van der Waals surface area contributed by atoms with Gasteiger partial charge in [0, 0.05) is 11.6 Å². The van der Waals surface area contributed by atoms with Gasteiger partial charge in [-0.25, -0.2) is 0 Å². The molecule has 0 saturated heterocycles. The lowest BCUT2D eigenvalue weighted by atomic mass is 10.2. The van der Waals surface area contributed by atoms with Gasteiger partial charge in [-0.2, -0.15) is 0 Å². The van der Waals surface area contributed by atoms with Crippen molar-refractivity contribution >= 4 is 28.9 Å². The lowest BCUT2D eigenvalue weighted by Gasteiger charge is -2.17. The lowest BCUT2D eigenvalue weighted by molar-refractivity contribution is -0.117. The van der Waals surface area contributed by atoms with Crippen molar-refractivity contribution in [3.63, 3.8) is 0 Å². The van der Waals surface area contributed by atoms with E-state index in [2.05, 4.69) is 5.32 Å². The van der Waals surface area contributed by atoms with Gasteiger partial charge in [0.15, 0.2) is 0 Å². The third kappa shape index (κ3) is 4.77. The number of carbonyl (C=O) groups excluding carboxylic acids is 1. The van der Waals surface area contributed by atoms with Gasteiger partial charge in [-0.3, -0.25) is 9.69 Å². The molecule has 0 aliphatic rings. The van der Waals surface area contributed by atoms with E-state index in [4.69, 9.17) is 17.3 Å². The van der Waals surface area contributed by atoms with Crippen molar-refractivity contribution < 1.29 is 4.79 Å². The fourth-order valence-electron chi connectivity index (χ4n) is 2.03. The van der Waals surface area contributed by atoms with Gasteiger partial charge in [0.25, 0.3) is 0 Å². The molecule has 4 nitrogen and oxygen atoms in total. The zero-order valence-electron chi connectivity index (χ0n) is 11.8. The van der Waals surface area contributed by atoms with E-state index in [0.717, 1.165) is 0 Å². The number of carbonyl (C=O) groups is 1. The summed E-state index contributed by atoms with van der Waals surface area (Å²) in [4.78, 5) is 14.0. The van der Waals surface area contributed by atoms with Crippen LogP contribution in [0, 0.1) is 0 Å². The minimum Gasteiger partial charge on any atom is -0.397 e. The topological polar surface area (TPSA) is 58.4 Å². The molecular weight excluding hydrogens is 286 g/mol. The lowest BCUT2D eigenvalue weighted by Crippen LogP contribution is -2.30. The van der Waals surface area contributed by atoms with Crippen LogP contribution in [0.25, 0.3) is 0 Å². The van der Waals surface area contributed by atoms with E-state index >= 15 is 0 Å². The minimum atomic E-state index is -0.109. The van der Waals surface area contributed by atoms with Crippen molar-refractivity contribution in [1.29, 1.82) is 0 Å². The number of hydrogen-bond donors (Lipinski definition) is 2. The highest BCUT2D eigenvalue weighted by Gasteiger charge is 2.09. The molecule has 0 unspecified atom stereocenters. The molecule has 0 aromatic heterocycles. The fraction of sp³-hybridized carbons (Fsp3) is 0.188. The van der Waals surface area contributed by atoms with E-state index in [0.29, 0.717) is 22.9 Å². The highest BCUT2D eigenvalue weighted by Crippen LogP contribution is 2.22. The standard InChI is InChI=1S/C16H18ClN3O/c1-20(10-12-5-3-2-4-6-12)11-16(21)19-15-8-7-13(17)9-14(15)18/h2-9H,10-11,18H2,1H3,(H,19,21). The molecule has 5 heteroatoms. The van der Waals surface area contributed by atoms with Crippen molar-refractivity contribution in [3.05, 3.63) is 59.1 Å². The summed E-state index contributed by atoms with van der Waals surface area (Å²) in [7, 11) is 1.90. The van der Waals surface area contributed by atoms with Crippen molar-refractivity contribution in [2.75, 3.05) is 24.6 Å². The summed E-state index contributed by atoms with van der Waals surface area (Å²) in [5.41, 5.74) is 8.02. The van der Waals surface area contributed by atoms with Gasteiger partial charge in [0.2, 0.25) is 5.91 Å². The normalized spacial score (nSPS) is 10.6. The van der Waals surface area contributed by atoms with Gasteiger partial charge in [0.05, 0.1) is 17.9 Å². The molecule has 0 aliphatic carbocycles. The molecule has 0 heterocycles. The summed E-state index contributed by atoms with van der Waals surface area (Å²) in [6.45, 7) is 1.00. The summed E-state index contributed by atoms with van der Waals surface area (Å²) in [5.74, 6) is -0.109. The van der Waals surface area contributed by atoms with E-state index in [-0.39, 0.29) is 12.5 Å². The molecule has 0 spiro atoms. The van der Waals surface area contributed by atoms with Crippen LogP contribution in [-0.2, 0) is 11.3 Å². The number of nitrogens with two attached hydrogens (primary N) is 1. The summed E-state index contributed by atoms with van der Waals surface area (Å²) in [6.07, 6.45) is 0. The maximum absolute atomic E-state index is 12.0. The number of nitrogens with zero attached hydrogens (tertiary/aromatic N) is 1. The van der Waals surface area contributed by atoms with Crippen molar-refractivity contribution in [1.82, 2.24) is 4.90 Å². The molecular formula is C16H18ClN3O. The molecule has 0 saturated carbocycles. The third-order valence-corrected chi connectivity index (χ3v) is 3.23. The summed E-state index contributed by atoms with van der Waals surface area (Å²) in [5, 5.41) is 3.34. The average Bonchev–Trinajstić information content (AvgIpc) is 2.43. The van der Waals surface area contributed by atoms with Crippen LogP contribution in [0.15, 0.2) is 48.5 Å². The number of halogens is 1. The Hall–Kier alpha value is -2.04. The van der Waals surface area contributed by atoms with Crippen LogP contribution in [0.2, 0.25) is 5.02 Å². The molecule has 21 heavy (non-hydrogen) atoms. The molecule has 2 rings (SSSR count). The summed E-state index contributed by atoms with van der Waals surface area (Å²) >= 11 is 5.83. The number of rotatable bonds is 5. The monoisotopic (exact) mass is 303 g/mol. The van der Waals surface area contributed by atoms with E-state index < -0.39 is 0 Å². The molecule has 0 radical (unpaired) electrons.